The first kappa shape index (κ1) is 19.0. The summed E-state index contributed by atoms with van der Waals surface area (Å²) >= 11 is 0. The molecular formula is C19H19N3O4S. The number of carbonyl (C=O) groups excluding carboxylic acids is 1. The second kappa shape index (κ2) is 7.08. The van der Waals surface area contributed by atoms with E-state index in [0.29, 0.717) is 0 Å². The lowest BCUT2D eigenvalue weighted by atomic mass is 10.1. The molecule has 1 atom stereocenters. The van der Waals surface area contributed by atoms with E-state index in [0.717, 1.165) is 5.56 Å². The molecule has 1 amide bonds. The van der Waals surface area contributed by atoms with Crippen molar-refractivity contribution in [2.45, 2.75) is 30.5 Å². The standard InChI is InChI=1S/C19H19N3O4S/c1-19(2)22(16(13-26-19)14-9-5-3-6-10-14)18(23)17(21-20)27(24,25)15-11-7-4-8-12-15/h3-12,16H,13H2,1-2H3. The summed E-state index contributed by atoms with van der Waals surface area (Å²) in [5.74, 6) is -0.919. The predicted molar refractivity (Wildman–Crippen MR) is 98.3 cm³/mol. The molecule has 0 radical (unpaired) electrons. The van der Waals surface area contributed by atoms with E-state index in [-0.39, 0.29) is 11.5 Å². The number of sulfone groups is 1. The second-order valence-electron chi connectivity index (χ2n) is 6.58. The molecule has 1 unspecified atom stereocenters. The molecule has 1 fully saturated rings. The van der Waals surface area contributed by atoms with Crippen LogP contribution >= 0.6 is 0 Å². The highest BCUT2D eigenvalue weighted by atomic mass is 32.2. The second-order valence-corrected chi connectivity index (χ2v) is 8.45. The van der Waals surface area contributed by atoms with Crippen molar-refractivity contribution in [3.63, 3.8) is 0 Å². The first-order valence-corrected chi connectivity index (χ1v) is 9.82. The molecule has 0 spiro atoms. The molecule has 140 valence electrons. The normalized spacial score (nSPS) is 18.7. The number of amides is 1. The fourth-order valence-electron chi connectivity index (χ4n) is 3.13. The van der Waals surface area contributed by atoms with Gasteiger partial charge in [0, 0.05) is 0 Å². The molecule has 1 aliphatic rings. The van der Waals surface area contributed by atoms with Crippen molar-refractivity contribution in [3.8, 4) is 0 Å². The maximum Gasteiger partial charge on any atom is 0.473 e. The Hall–Kier alpha value is -2.80. The zero-order valence-corrected chi connectivity index (χ0v) is 15.8. The van der Waals surface area contributed by atoms with Gasteiger partial charge in [0.25, 0.3) is 9.84 Å². The smallest absolute Gasteiger partial charge is 0.360 e. The van der Waals surface area contributed by atoms with Crippen LogP contribution in [-0.4, -0.2) is 41.4 Å². The van der Waals surface area contributed by atoms with E-state index in [4.69, 9.17) is 4.74 Å². The van der Waals surface area contributed by atoms with Crippen molar-refractivity contribution in [1.82, 2.24) is 4.90 Å². The Labute approximate surface area is 157 Å². The van der Waals surface area contributed by atoms with Crippen LogP contribution in [0.15, 0.2) is 65.6 Å². The number of carbonyl (C=O) groups is 1. The van der Waals surface area contributed by atoms with Gasteiger partial charge in [-0.2, -0.15) is 0 Å². The summed E-state index contributed by atoms with van der Waals surface area (Å²) in [6, 6.07) is 16.0. The highest BCUT2D eigenvalue weighted by molar-refractivity contribution is 8.08. The van der Waals surface area contributed by atoms with Gasteiger partial charge in [0.2, 0.25) is 0 Å². The Morgan fingerprint density at radius 2 is 1.67 bits per heavy atom. The molecule has 7 nitrogen and oxygen atoms in total. The Balaban J connectivity index is 2.04. The third-order valence-electron chi connectivity index (χ3n) is 4.47. The van der Waals surface area contributed by atoms with E-state index < -0.39 is 32.6 Å². The van der Waals surface area contributed by atoms with Crippen molar-refractivity contribution in [2.24, 2.45) is 0 Å². The molecule has 1 aliphatic heterocycles. The zero-order valence-electron chi connectivity index (χ0n) is 14.9. The van der Waals surface area contributed by atoms with E-state index >= 15 is 0 Å². The van der Waals surface area contributed by atoms with Gasteiger partial charge >= 0.3 is 11.0 Å². The Bertz CT molecular complexity index is 998. The first-order valence-electron chi connectivity index (χ1n) is 8.34. The average Bonchev–Trinajstić information content (AvgIpc) is 2.98. The van der Waals surface area contributed by atoms with Crippen LogP contribution in [0.3, 0.4) is 0 Å². The molecule has 0 aliphatic carbocycles. The largest absolute Gasteiger partial charge is 0.473 e. The Morgan fingerprint density at radius 3 is 2.22 bits per heavy atom. The number of benzene rings is 2. The molecule has 2 aromatic carbocycles. The number of nitrogens with zero attached hydrogens (tertiary/aromatic N) is 3. The van der Waals surface area contributed by atoms with Crippen molar-refractivity contribution >= 4 is 20.8 Å². The van der Waals surface area contributed by atoms with Gasteiger partial charge in [-0.05, 0) is 31.5 Å². The minimum Gasteiger partial charge on any atom is -0.360 e. The molecule has 8 heteroatoms. The van der Waals surface area contributed by atoms with Crippen LogP contribution in [0.5, 0.6) is 0 Å². The van der Waals surface area contributed by atoms with Gasteiger partial charge in [-0.15, -0.1) is 4.79 Å². The summed E-state index contributed by atoms with van der Waals surface area (Å²) in [4.78, 5) is 17.2. The SMILES string of the molecule is CC1(C)OCC(c2ccccc2)N1C(=O)C(=[N+]=[N-])S(=O)(=O)c1ccccc1. The lowest BCUT2D eigenvalue weighted by Crippen LogP contribution is -2.49. The van der Waals surface area contributed by atoms with Crippen molar-refractivity contribution in [2.75, 3.05) is 6.61 Å². The van der Waals surface area contributed by atoms with Gasteiger partial charge in [-0.3, -0.25) is 9.69 Å². The summed E-state index contributed by atoms with van der Waals surface area (Å²) < 4.78 is 31.4. The lowest BCUT2D eigenvalue weighted by Gasteiger charge is -2.32. The van der Waals surface area contributed by atoms with Gasteiger partial charge in [-0.25, -0.2) is 8.42 Å². The predicted octanol–water partition coefficient (Wildman–Crippen LogP) is 2.42. The number of hydrogen-bond acceptors (Lipinski definition) is 4. The monoisotopic (exact) mass is 385 g/mol. The topological polar surface area (TPSA) is 100 Å². The van der Waals surface area contributed by atoms with Gasteiger partial charge in [0.1, 0.15) is 5.72 Å². The van der Waals surface area contributed by atoms with Gasteiger partial charge in [-0.1, -0.05) is 48.5 Å². The van der Waals surface area contributed by atoms with Crippen molar-refractivity contribution in [3.05, 3.63) is 71.8 Å². The number of rotatable bonds is 2. The molecule has 2 aromatic rings. The van der Waals surface area contributed by atoms with E-state index in [2.05, 4.69) is 4.79 Å². The third kappa shape index (κ3) is 3.42. The number of ether oxygens (including phenoxy) is 1. The van der Waals surface area contributed by atoms with Crippen LogP contribution in [-0.2, 0) is 19.4 Å². The van der Waals surface area contributed by atoms with E-state index in [1.54, 1.807) is 19.9 Å². The Kier molecular flexibility index (Phi) is 4.97. The summed E-state index contributed by atoms with van der Waals surface area (Å²) in [5.41, 5.74) is 9.13. The zero-order chi connectivity index (χ0) is 19.7. The van der Waals surface area contributed by atoms with Crippen LogP contribution < -0.4 is 0 Å². The molecule has 0 bridgehead atoms. The maximum atomic E-state index is 13.2. The van der Waals surface area contributed by atoms with Crippen LogP contribution in [0.1, 0.15) is 25.5 Å². The number of hydrogen-bond donors (Lipinski definition) is 0. The van der Waals surface area contributed by atoms with Crippen molar-refractivity contribution in [1.29, 1.82) is 0 Å². The molecule has 0 aromatic heterocycles. The molecule has 27 heavy (non-hydrogen) atoms. The molecule has 3 rings (SSSR count). The van der Waals surface area contributed by atoms with Crippen LogP contribution in [0.25, 0.3) is 5.53 Å². The molecule has 1 saturated heterocycles. The Morgan fingerprint density at radius 1 is 1.11 bits per heavy atom. The fourth-order valence-corrected chi connectivity index (χ4v) is 4.31. The quantitative estimate of drug-likeness (QED) is 0.343. The van der Waals surface area contributed by atoms with Gasteiger partial charge in [0.15, 0.2) is 0 Å². The van der Waals surface area contributed by atoms with Crippen LogP contribution in [0.4, 0.5) is 0 Å². The van der Waals surface area contributed by atoms with Gasteiger partial charge in [0.05, 0.1) is 17.5 Å². The molecule has 0 N–H and O–H groups in total. The summed E-state index contributed by atoms with van der Waals surface area (Å²) in [6.45, 7) is 3.53. The minimum atomic E-state index is -4.29. The van der Waals surface area contributed by atoms with E-state index in [9.17, 15) is 18.7 Å². The highest BCUT2D eigenvalue weighted by Gasteiger charge is 2.51. The molecule has 1 heterocycles. The highest BCUT2D eigenvalue weighted by Crippen LogP contribution is 2.37. The molecule has 0 saturated carbocycles. The third-order valence-corrected chi connectivity index (χ3v) is 6.13. The van der Waals surface area contributed by atoms with Crippen LogP contribution in [0.2, 0.25) is 0 Å². The van der Waals surface area contributed by atoms with E-state index in [1.165, 1.54) is 29.2 Å². The first-order chi connectivity index (χ1) is 12.8. The summed E-state index contributed by atoms with van der Waals surface area (Å²) in [6.07, 6.45) is 0. The summed E-state index contributed by atoms with van der Waals surface area (Å²) in [5, 5.41) is -0.937. The fraction of sp³-hybridized carbons (Fsp3) is 0.263. The molecular weight excluding hydrogens is 366 g/mol. The summed E-state index contributed by atoms with van der Waals surface area (Å²) in [7, 11) is -4.29. The van der Waals surface area contributed by atoms with Crippen LogP contribution in [0, 0.1) is 0 Å². The van der Waals surface area contributed by atoms with Crippen molar-refractivity contribution < 1.29 is 22.7 Å². The van der Waals surface area contributed by atoms with E-state index in [1.807, 2.05) is 30.3 Å². The lowest BCUT2D eigenvalue weighted by molar-refractivity contribution is -0.142. The van der Waals surface area contributed by atoms with Gasteiger partial charge < -0.3 is 10.3 Å². The average molecular weight is 385 g/mol. The maximum absolute atomic E-state index is 13.2. The minimum absolute atomic E-state index is 0.125.